The largest absolute Gasteiger partial charge is 0.342 e. The molecule has 3 unspecified atom stereocenters. The number of rotatable bonds is 10. The number of likely N-dealkylation sites (tertiary alicyclic amines) is 1. The Bertz CT molecular complexity index is 1360. The van der Waals surface area contributed by atoms with Crippen LogP contribution in [0.15, 0.2) is 60.7 Å². The van der Waals surface area contributed by atoms with Gasteiger partial charge in [0.2, 0.25) is 11.8 Å². The summed E-state index contributed by atoms with van der Waals surface area (Å²) >= 11 is 0. The van der Waals surface area contributed by atoms with Crippen LogP contribution in [0.3, 0.4) is 0 Å². The zero-order valence-corrected chi connectivity index (χ0v) is 25.3. The van der Waals surface area contributed by atoms with Crippen LogP contribution in [-0.2, 0) is 23.1 Å². The van der Waals surface area contributed by atoms with Crippen LogP contribution in [0.2, 0.25) is 0 Å². The highest BCUT2D eigenvalue weighted by molar-refractivity contribution is 5.99. The van der Waals surface area contributed by atoms with E-state index >= 15 is 0 Å². The number of likely N-dealkylation sites (N-methyl/N-ethyl adjacent to an activating group) is 1. The van der Waals surface area contributed by atoms with Crippen LogP contribution in [0, 0.1) is 5.41 Å². The average molecular weight is 560 g/mol. The first-order valence-electron chi connectivity index (χ1n) is 14.7. The van der Waals surface area contributed by atoms with E-state index in [-0.39, 0.29) is 23.8 Å². The lowest BCUT2D eigenvalue weighted by atomic mass is 9.85. The number of carbonyl (C=O) groups is 3. The number of fused-ring (bicyclic) bond motifs is 1. The van der Waals surface area contributed by atoms with Gasteiger partial charge in [0, 0.05) is 43.6 Å². The van der Waals surface area contributed by atoms with E-state index in [9.17, 15) is 14.4 Å². The zero-order chi connectivity index (χ0) is 29.7. The maximum Gasteiger partial charge on any atom is 0.270 e. The molecule has 8 heteroatoms. The van der Waals surface area contributed by atoms with Crippen molar-refractivity contribution >= 4 is 28.6 Å². The molecule has 0 bridgehead atoms. The summed E-state index contributed by atoms with van der Waals surface area (Å²) in [4.78, 5) is 44.7. The Morgan fingerprint density at radius 2 is 1.73 bits per heavy atom. The third-order valence-electron chi connectivity index (χ3n) is 8.29. The minimum Gasteiger partial charge on any atom is -0.342 e. The number of nitrogens with one attached hydrogen (secondary N) is 2. The molecule has 1 aliphatic heterocycles. The third kappa shape index (κ3) is 6.99. The SMILES string of the molecule is CNC(C)C(=O)NC(C(=O)N1CCCC1CN(CCc1ccccc1)C(=O)c1cc2ccccc2n1C)C(C)(C)C. The summed E-state index contributed by atoms with van der Waals surface area (Å²) < 4.78 is 1.96. The molecule has 0 aliphatic carbocycles. The predicted octanol–water partition coefficient (Wildman–Crippen LogP) is 3.99. The maximum atomic E-state index is 14.1. The fourth-order valence-electron chi connectivity index (χ4n) is 5.62. The molecule has 1 aromatic heterocycles. The van der Waals surface area contributed by atoms with Gasteiger partial charge in [-0.1, -0.05) is 69.3 Å². The second kappa shape index (κ2) is 12.9. The topological polar surface area (TPSA) is 86.7 Å². The number of amides is 3. The van der Waals surface area contributed by atoms with Crippen LogP contribution in [0.4, 0.5) is 0 Å². The lowest BCUT2D eigenvalue weighted by molar-refractivity contribution is -0.140. The Kier molecular flexibility index (Phi) is 9.53. The molecule has 220 valence electrons. The van der Waals surface area contributed by atoms with Gasteiger partial charge < -0.3 is 25.0 Å². The Morgan fingerprint density at radius 1 is 1.05 bits per heavy atom. The van der Waals surface area contributed by atoms with Crippen molar-refractivity contribution in [3.8, 4) is 0 Å². The minimum atomic E-state index is -0.668. The van der Waals surface area contributed by atoms with Crippen molar-refractivity contribution in [1.82, 2.24) is 25.0 Å². The summed E-state index contributed by atoms with van der Waals surface area (Å²) in [5.41, 5.74) is 2.34. The van der Waals surface area contributed by atoms with Crippen LogP contribution < -0.4 is 10.6 Å². The summed E-state index contributed by atoms with van der Waals surface area (Å²) in [5.74, 6) is -0.328. The number of hydrogen-bond donors (Lipinski definition) is 2. The van der Waals surface area contributed by atoms with E-state index in [2.05, 4.69) is 22.8 Å². The highest BCUT2D eigenvalue weighted by atomic mass is 16.2. The molecule has 8 nitrogen and oxygen atoms in total. The van der Waals surface area contributed by atoms with Crippen LogP contribution in [-0.4, -0.2) is 76.9 Å². The van der Waals surface area contributed by atoms with Gasteiger partial charge in [-0.15, -0.1) is 0 Å². The average Bonchev–Trinajstić information content (AvgIpc) is 3.56. The Balaban J connectivity index is 1.59. The normalized spacial score (nSPS) is 16.9. The van der Waals surface area contributed by atoms with E-state index in [1.165, 1.54) is 0 Å². The van der Waals surface area contributed by atoms with E-state index in [4.69, 9.17) is 0 Å². The minimum absolute atomic E-state index is 0.0394. The van der Waals surface area contributed by atoms with Gasteiger partial charge in [0.15, 0.2) is 0 Å². The second-order valence-corrected chi connectivity index (χ2v) is 12.3. The summed E-state index contributed by atoms with van der Waals surface area (Å²) in [6.45, 7) is 9.30. The van der Waals surface area contributed by atoms with Crippen molar-refractivity contribution in [1.29, 1.82) is 0 Å². The molecule has 3 aromatic rings. The molecule has 2 N–H and O–H groups in total. The van der Waals surface area contributed by atoms with E-state index in [1.807, 2.05) is 90.7 Å². The Hall–Kier alpha value is -3.65. The van der Waals surface area contributed by atoms with Crippen LogP contribution in [0.5, 0.6) is 0 Å². The highest BCUT2D eigenvalue weighted by Gasteiger charge is 2.41. The molecule has 2 aromatic carbocycles. The molecule has 1 fully saturated rings. The van der Waals surface area contributed by atoms with Gasteiger partial charge in [-0.3, -0.25) is 14.4 Å². The van der Waals surface area contributed by atoms with Crippen molar-refractivity contribution in [3.05, 3.63) is 71.9 Å². The lowest BCUT2D eigenvalue weighted by Crippen LogP contribution is -2.59. The van der Waals surface area contributed by atoms with Crippen molar-refractivity contribution in [2.75, 3.05) is 26.7 Å². The van der Waals surface area contributed by atoms with Crippen LogP contribution in [0.1, 0.15) is 56.6 Å². The first-order valence-corrected chi connectivity index (χ1v) is 14.7. The first kappa shape index (κ1) is 30.3. The van der Waals surface area contributed by atoms with Gasteiger partial charge in [-0.05, 0) is 56.3 Å². The molecule has 41 heavy (non-hydrogen) atoms. The molecule has 4 rings (SSSR count). The number of aromatic nitrogens is 1. The van der Waals surface area contributed by atoms with E-state index < -0.39 is 17.5 Å². The van der Waals surface area contributed by atoms with Crippen molar-refractivity contribution in [3.63, 3.8) is 0 Å². The number of nitrogens with zero attached hydrogens (tertiary/aromatic N) is 3. The second-order valence-electron chi connectivity index (χ2n) is 12.3. The van der Waals surface area contributed by atoms with Crippen molar-refractivity contribution in [2.24, 2.45) is 12.5 Å². The molecule has 2 heterocycles. The number of para-hydroxylation sites is 1. The lowest BCUT2D eigenvalue weighted by Gasteiger charge is -2.37. The fraction of sp³-hybridized carbons (Fsp3) is 0.485. The maximum absolute atomic E-state index is 14.1. The molecule has 3 atom stereocenters. The molecule has 0 saturated carbocycles. The van der Waals surface area contributed by atoms with Gasteiger partial charge in [0.05, 0.1) is 6.04 Å². The molecular formula is C33H45N5O3. The number of aryl methyl sites for hydroxylation is 1. The van der Waals surface area contributed by atoms with Gasteiger partial charge in [-0.2, -0.15) is 0 Å². The monoisotopic (exact) mass is 559 g/mol. The Labute approximate surface area is 244 Å². The van der Waals surface area contributed by atoms with Gasteiger partial charge >= 0.3 is 0 Å². The summed E-state index contributed by atoms with van der Waals surface area (Å²) in [5, 5.41) is 6.98. The van der Waals surface area contributed by atoms with E-state index in [0.717, 1.165) is 35.7 Å². The van der Waals surface area contributed by atoms with Crippen molar-refractivity contribution < 1.29 is 14.4 Å². The van der Waals surface area contributed by atoms with Crippen LogP contribution in [0.25, 0.3) is 10.9 Å². The zero-order valence-electron chi connectivity index (χ0n) is 25.3. The van der Waals surface area contributed by atoms with Gasteiger partial charge in [0.1, 0.15) is 11.7 Å². The Morgan fingerprint density at radius 3 is 2.39 bits per heavy atom. The summed E-state index contributed by atoms with van der Waals surface area (Å²) in [6.07, 6.45) is 2.40. The smallest absolute Gasteiger partial charge is 0.270 e. The number of benzene rings is 2. The highest BCUT2D eigenvalue weighted by Crippen LogP contribution is 2.27. The molecule has 3 amide bonds. The standard InChI is InChI=1S/C33H45N5O3/c1-23(34-5)30(39)35-29(33(2,3)4)32(41)38-19-12-16-26(38)22-37(20-18-24-13-8-7-9-14-24)31(40)28-21-25-15-10-11-17-27(25)36(28)6/h7-11,13-15,17,21,23,26,29,34H,12,16,18-20,22H2,1-6H3,(H,35,39). The first-order chi connectivity index (χ1) is 19.5. The van der Waals surface area contributed by atoms with E-state index in [1.54, 1.807) is 14.0 Å². The summed E-state index contributed by atoms with van der Waals surface area (Å²) in [7, 11) is 3.66. The van der Waals surface area contributed by atoms with Gasteiger partial charge in [-0.25, -0.2) is 0 Å². The number of hydrogen-bond acceptors (Lipinski definition) is 4. The fourth-order valence-corrected chi connectivity index (χ4v) is 5.62. The molecule has 0 radical (unpaired) electrons. The van der Waals surface area contributed by atoms with E-state index in [0.29, 0.717) is 25.3 Å². The van der Waals surface area contributed by atoms with Gasteiger partial charge in [0.25, 0.3) is 5.91 Å². The molecule has 0 spiro atoms. The third-order valence-corrected chi connectivity index (χ3v) is 8.29. The molecular weight excluding hydrogens is 514 g/mol. The number of carbonyl (C=O) groups excluding carboxylic acids is 3. The predicted molar refractivity (Wildman–Crippen MR) is 164 cm³/mol. The molecule has 1 aliphatic rings. The van der Waals surface area contributed by atoms with Crippen molar-refractivity contribution in [2.45, 2.75) is 65.1 Å². The summed E-state index contributed by atoms with van der Waals surface area (Å²) in [6, 6.07) is 18.9. The van der Waals surface area contributed by atoms with Crippen LogP contribution >= 0.6 is 0 Å². The quantitative estimate of drug-likeness (QED) is 0.393. The molecule has 1 saturated heterocycles.